The van der Waals surface area contributed by atoms with E-state index >= 15 is 0 Å². The molecule has 0 bridgehead atoms. The fourth-order valence-electron chi connectivity index (χ4n) is 2.43. The summed E-state index contributed by atoms with van der Waals surface area (Å²) in [7, 11) is 0. The molecule has 0 aromatic rings. The molecule has 0 amide bonds. The first-order valence-electron chi connectivity index (χ1n) is 7.04. The summed E-state index contributed by atoms with van der Waals surface area (Å²) in [5, 5.41) is 0. The Morgan fingerprint density at radius 3 is 2.59 bits per heavy atom. The van der Waals surface area contributed by atoms with E-state index in [1.165, 1.54) is 12.8 Å². The lowest BCUT2D eigenvalue weighted by Crippen LogP contribution is -2.29. The molecule has 0 radical (unpaired) electrons. The third-order valence-electron chi connectivity index (χ3n) is 3.52. The number of esters is 1. The number of hydrogen-bond acceptors (Lipinski definition) is 3. The van der Waals surface area contributed by atoms with Crippen LogP contribution in [0.25, 0.3) is 0 Å². The lowest BCUT2D eigenvalue weighted by atomic mass is 9.91. The second kappa shape index (κ2) is 8.51. The summed E-state index contributed by atoms with van der Waals surface area (Å²) in [5.74, 6) is 0.406. The maximum absolute atomic E-state index is 12.0. The van der Waals surface area contributed by atoms with E-state index < -0.39 is 0 Å². The molecule has 1 atom stereocenters. The first-order valence-corrected chi connectivity index (χ1v) is 7.04. The van der Waals surface area contributed by atoms with Crippen LogP contribution in [-0.4, -0.2) is 25.8 Å². The quantitative estimate of drug-likeness (QED) is 0.484. The smallest absolute Gasteiger partial charge is 0.311 e. The molecule has 0 aliphatic heterocycles. The predicted octanol–water partition coefficient (Wildman–Crippen LogP) is 3.17. The molecule has 1 unspecified atom stereocenters. The van der Waals surface area contributed by atoms with Gasteiger partial charge in [-0.1, -0.05) is 26.2 Å². The lowest BCUT2D eigenvalue weighted by Gasteiger charge is -2.21. The Bertz CT molecular complexity index is 210. The average molecular weight is 242 g/mol. The number of rotatable bonds is 8. The van der Waals surface area contributed by atoms with Crippen molar-refractivity contribution in [3.8, 4) is 0 Å². The van der Waals surface area contributed by atoms with E-state index in [0.717, 1.165) is 25.7 Å². The SMILES string of the molecule is CCCCOC(=O)C(COCC)C1CCCC1. The van der Waals surface area contributed by atoms with Crippen molar-refractivity contribution < 1.29 is 14.3 Å². The highest BCUT2D eigenvalue weighted by atomic mass is 16.5. The molecule has 0 aromatic heterocycles. The van der Waals surface area contributed by atoms with E-state index in [4.69, 9.17) is 9.47 Å². The Labute approximate surface area is 105 Å². The van der Waals surface area contributed by atoms with Gasteiger partial charge >= 0.3 is 5.97 Å². The van der Waals surface area contributed by atoms with Crippen molar-refractivity contribution in [2.24, 2.45) is 11.8 Å². The third kappa shape index (κ3) is 5.07. The molecule has 1 rings (SSSR count). The van der Waals surface area contributed by atoms with Crippen LogP contribution in [0.3, 0.4) is 0 Å². The molecule has 1 aliphatic carbocycles. The summed E-state index contributed by atoms with van der Waals surface area (Å²) in [4.78, 5) is 12.0. The first-order chi connectivity index (χ1) is 8.29. The summed E-state index contributed by atoms with van der Waals surface area (Å²) in [6, 6.07) is 0. The zero-order chi connectivity index (χ0) is 12.5. The Morgan fingerprint density at radius 1 is 1.29 bits per heavy atom. The fourth-order valence-corrected chi connectivity index (χ4v) is 2.43. The molecular weight excluding hydrogens is 216 g/mol. The lowest BCUT2D eigenvalue weighted by molar-refractivity contribution is -0.153. The van der Waals surface area contributed by atoms with E-state index in [-0.39, 0.29) is 11.9 Å². The molecular formula is C14H26O3. The summed E-state index contributed by atoms with van der Waals surface area (Å²) in [5.41, 5.74) is 0. The van der Waals surface area contributed by atoms with Gasteiger partial charge in [-0.05, 0) is 32.1 Å². The van der Waals surface area contributed by atoms with Gasteiger partial charge in [0.25, 0.3) is 0 Å². The minimum Gasteiger partial charge on any atom is -0.465 e. The standard InChI is InChI=1S/C14H26O3/c1-3-5-10-17-14(15)13(11-16-4-2)12-8-6-7-9-12/h12-13H,3-11H2,1-2H3. The maximum atomic E-state index is 12.0. The molecule has 3 heteroatoms. The predicted molar refractivity (Wildman–Crippen MR) is 67.8 cm³/mol. The van der Waals surface area contributed by atoms with Crippen LogP contribution in [0.15, 0.2) is 0 Å². The zero-order valence-electron chi connectivity index (χ0n) is 11.2. The minimum atomic E-state index is -0.0428. The average Bonchev–Trinajstić information content (AvgIpc) is 2.83. The van der Waals surface area contributed by atoms with E-state index in [0.29, 0.717) is 25.7 Å². The van der Waals surface area contributed by atoms with Gasteiger partial charge < -0.3 is 9.47 Å². The van der Waals surface area contributed by atoms with Gasteiger partial charge in [0.1, 0.15) is 0 Å². The molecule has 1 saturated carbocycles. The fraction of sp³-hybridized carbons (Fsp3) is 0.929. The summed E-state index contributed by atoms with van der Waals surface area (Å²) in [6.07, 6.45) is 6.82. The van der Waals surface area contributed by atoms with Crippen LogP contribution < -0.4 is 0 Å². The van der Waals surface area contributed by atoms with Gasteiger partial charge in [0.15, 0.2) is 0 Å². The molecule has 0 N–H and O–H groups in total. The van der Waals surface area contributed by atoms with Crippen LogP contribution in [0.1, 0.15) is 52.4 Å². The van der Waals surface area contributed by atoms with Crippen molar-refractivity contribution in [2.45, 2.75) is 52.4 Å². The van der Waals surface area contributed by atoms with Crippen LogP contribution in [0.2, 0.25) is 0 Å². The number of ether oxygens (including phenoxy) is 2. The van der Waals surface area contributed by atoms with Crippen LogP contribution >= 0.6 is 0 Å². The Kier molecular flexibility index (Phi) is 7.25. The highest BCUT2D eigenvalue weighted by Crippen LogP contribution is 2.32. The van der Waals surface area contributed by atoms with Crippen molar-refractivity contribution in [1.29, 1.82) is 0 Å². The third-order valence-corrected chi connectivity index (χ3v) is 3.52. The summed E-state index contributed by atoms with van der Waals surface area (Å²) in [6.45, 7) is 5.83. The molecule has 0 saturated heterocycles. The molecule has 1 aliphatic rings. The van der Waals surface area contributed by atoms with Crippen molar-refractivity contribution in [2.75, 3.05) is 19.8 Å². The first kappa shape index (κ1) is 14.5. The Hall–Kier alpha value is -0.570. The molecule has 0 heterocycles. The molecule has 17 heavy (non-hydrogen) atoms. The van der Waals surface area contributed by atoms with Crippen LogP contribution in [0.5, 0.6) is 0 Å². The second-order valence-corrected chi connectivity index (χ2v) is 4.83. The number of carbonyl (C=O) groups excluding carboxylic acids is 1. The Morgan fingerprint density at radius 2 is 2.00 bits per heavy atom. The number of hydrogen-bond donors (Lipinski definition) is 0. The Balaban J connectivity index is 2.39. The van der Waals surface area contributed by atoms with Gasteiger partial charge in [-0.2, -0.15) is 0 Å². The van der Waals surface area contributed by atoms with Gasteiger partial charge in [-0.25, -0.2) is 0 Å². The largest absolute Gasteiger partial charge is 0.465 e. The van der Waals surface area contributed by atoms with E-state index in [1.807, 2.05) is 6.92 Å². The van der Waals surface area contributed by atoms with Crippen molar-refractivity contribution in [3.05, 3.63) is 0 Å². The highest BCUT2D eigenvalue weighted by Gasteiger charge is 2.31. The highest BCUT2D eigenvalue weighted by molar-refractivity contribution is 5.73. The van der Waals surface area contributed by atoms with Crippen molar-refractivity contribution in [3.63, 3.8) is 0 Å². The van der Waals surface area contributed by atoms with Crippen LogP contribution in [0.4, 0.5) is 0 Å². The molecule has 3 nitrogen and oxygen atoms in total. The van der Waals surface area contributed by atoms with E-state index in [1.54, 1.807) is 0 Å². The van der Waals surface area contributed by atoms with Gasteiger partial charge in [0.05, 0.1) is 19.1 Å². The van der Waals surface area contributed by atoms with Gasteiger partial charge in [0, 0.05) is 6.61 Å². The molecule has 1 fully saturated rings. The van der Waals surface area contributed by atoms with Crippen LogP contribution in [0, 0.1) is 11.8 Å². The van der Waals surface area contributed by atoms with E-state index in [9.17, 15) is 4.79 Å². The minimum absolute atomic E-state index is 0.0330. The van der Waals surface area contributed by atoms with Gasteiger partial charge in [0.2, 0.25) is 0 Å². The molecule has 100 valence electrons. The normalized spacial score (nSPS) is 18.2. The number of unbranched alkanes of at least 4 members (excludes halogenated alkanes) is 1. The zero-order valence-corrected chi connectivity index (χ0v) is 11.2. The van der Waals surface area contributed by atoms with E-state index in [2.05, 4.69) is 6.92 Å². The van der Waals surface area contributed by atoms with Crippen LogP contribution in [-0.2, 0) is 14.3 Å². The summed E-state index contributed by atoms with van der Waals surface area (Å²) >= 11 is 0. The molecule has 0 aromatic carbocycles. The maximum Gasteiger partial charge on any atom is 0.311 e. The second-order valence-electron chi connectivity index (χ2n) is 4.83. The van der Waals surface area contributed by atoms with Gasteiger partial charge in [-0.3, -0.25) is 4.79 Å². The summed E-state index contributed by atoms with van der Waals surface area (Å²) < 4.78 is 10.8. The molecule has 0 spiro atoms. The van der Waals surface area contributed by atoms with Crippen molar-refractivity contribution >= 4 is 5.97 Å². The number of carbonyl (C=O) groups is 1. The van der Waals surface area contributed by atoms with Crippen molar-refractivity contribution in [1.82, 2.24) is 0 Å². The van der Waals surface area contributed by atoms with Gasteiger partial charge in [-0.15, -0.1) is 0 Å². The topological polar surface area (TPSA) is 35.5 Å². The monoisotopic (exact) mass is 242 g/mol.